The van der Waals surface area contributed by atoms with Crippen LogP contribution in [0.2, 0.25) is 0 Å². The Balaban J connectivity index is 2.31. The first-order valence-corrected chi connectivity index (χ1v) is 6.40. The van der Waals surface area contributed by atoms with Crippen LogP contribution in [-0.4, -0.2) is 9.55 Å². The summed E-state index contributed by atoms with van der Waals surface area (Å²) in [5, 5.41) is 8.95. The Hall–Kier alpha value is -2.67. The number of aryl methyl sites for hydroxylation is 1. The van der Waals surface area contributed by atoms with Crippen LogP contribution >= 0.6 is 0 Å². The minimum atomic E-state index is -0.294. The molecule has 0 aliphatic heterocycles. The molecule has 2 aromatic carbocycles. The van der Waals surface area contributed by atoms with Crippen molar-refractivity contribution in [3.05, 3.63) is 53.8 Å². The molecule has 98 valence electrons. The average molecular weight is 265 g/mol. The molecule has 3 rings (SSSR count). The van der Waals surface area contributed by atoms with Crippen molar-refractivity contribution in [3.8, 4) is 17.5 Å². The third kappa shape index (κ3) is 1.84. The van der Waals surface area contributed by atoms with Crippen molar-refractivity contribution in [1.82, 2.24) is 9.55 Å². The van der Waals surface area contributed by atoms with E-state index in [-0.39, 0.29) is 5.82 Å². The molecule has 0 radical (unpaired) electrons. The smallest absolute Gasteiger partial charge is 0.144 e. The number of rotatable bonds is 2. The van der Waals surface area contributed by atoms with E-state index in [0.717, 1.165) is 5.52 Å². The Morgan fingerprint density at radius 1 is 1.25 bits per heavy atom. The molecule has 0 aliphatic carbocycles. The normalized spacial score (nSPS) is 10.7. The van der Waals surface area contributed by atoms with Gasteiger partial charge in [-0.15, -0.1) is 0 Å². The van der Waals surface area contributed by atoms with Crippen LogP contribution in [0.3, 0.4) is 0 Å². The molecule has 20 heavy (non-hydrogen) atoms. The van der Waals surface area contributed by atoms with E-state index < -0.39 is 0 Å². The van der Waals surface area contributed by atoms with E-state index >= 15 is 0 Å². The summed E-state index contributed by atoms with van der Waals surface area (Å²) in [6.07, 6.45) is 0. The quantitative estimate of drug-likeness (QED) is 0.708. The van der Waals surface area contributed by atoms with E-state index in [2.05, 4.69) is 11.1 Å². The number of hydrogen-bond acceptors (Lipinski definition) is 2. The topological polar surface area (TPSA) is 41.6 Å². The van der Waals surface area contributed by atoms with E-state index in [0.29, 0.717) is 29.0 Å². The molecule has 0 saturated heterocycles. The molecule has 1 heterocycles. The van der Waals surface area contributed by atoms with E-state index in [1.54, 1.807) is 30.3 Å². The fourth-order valence-electron chi connectivity index (χ4n) is 2.37. The summed E-state index contributed by atoms with van der Waals surface area (Å²) in [6, 6.07) is 14.0. The Labute approximate surface area is 115 Å². The van der Waals surface area contributed by atoms with Gasteiger partial charge in [0.1, 0.15) is 11.6 Å². The van der Waals surface area contributed by atoms with Gasteiger partial charge in [-0.2, -0.15) is 5.26 Å². The van der Waals surface area contributed by atoms with Crippen molar-refractivity contribution < 1.29 is 4.39 Å². The van der Waals surface area contributed by atoms with Crippen molar-refractivity contribution in [3.63, 3.8) is 0 Å². The third-order valence-electron chi connectivity index (χ3n) is 3.31. The number of hydrogen-bond donors (Lipinski definition) is 0. The first-order chi connectivity index (χ1) is 9.74. The third-order valence-corrected chi connectivity index (χ3v) is 3.31. The zero-order chi connectivity index (χ0) is 14.1. The van der Waals surface area contributed by atoms with Crippen LogP contribution in [0.25, 0.3) is 22.4 Å². The fourth-order valence-corrected chi connectivity index (χ4v) is 2.37. The number of aromatic nitrogens is 2. The molecule has 0 aliphatic rings. The van der Waals surface area contributed by atoms with Crippen LogP contribution in [0.4, 0.5) is 4.39 Å². The Morgan fingerprint density at radius 3 is 2.75 bits per heavy atom. The van der Waals surface area contributed by atoms with Crippen molar-refractivity contribution >= 4 is 11.0 Å². The standard InChI is InChI=1S/C16H12FN3/c1-2-20-15-8-7-11(10-18)9-14(15)19-16(20)12-5-3-4-6-13(12)17/h3-9H,2H2,1H3. The van der Waals surface area contributed by atoms with Crippen LogP contribution in [0.1, 0.15) is 12.5 Å². The minimum absolute atomic E-state index is 0.294. The summed E-state index contributed by atoms with van der Waals surface area (Å²) in [4.78, 5) is 4.50. The lowest BCUT2D eigenvalue weighted by Gasteiger charge is -2.06. The molecule has 0 spiro atoms. The van der Waals surface area contributed by atoms with Crippen LogP contribution in [0, 0.1) is 17.1 Å². The van der Waals surface area contributed by atoms with Crippen LogP contribution in [-0.2, 0) is 6.54 Å². The first-order valence-electron chi connectivity index (χ1n) is 6.40. The zero-order valence-corrected chi connectivity index (χ0v) is 11.0. The Bertz CT molecular complexity index is 827. The molecule has 4 heteroatoms. The number of benzene rings is 2. The Morgan fingerprint density at radius 2 is 2.05 bits per heavy atom. The number of nitriles is 1. The molecule has 0 saturated carbocycles. The van der Waals surface area contributed by atoms with Crippen LogP contribution < -0.4 is 0 Å². The monoisotopic (exact) mass is 265 g/mol. The maximum absolute atomic E-state index is 14.0. The molecule has 0 atom stereocenters. The second kappa shape index (κ2) is 4.78. The van der Waals surface area contributed by atoms with Gasteiger partial charge in [-0.25, -0.2) is 9.37 Å². The molecule has 0 bridgehead atoms. The highest BCUT2D eigenvalue weighted by atomic mass is 19.1. The predicted octanol–water partition coefficient (Wildman–Crippen LogP) is 3.73. The highest BCUT2D eigenvalue weighted by Gasteiger charge is 2.14. The second-order valence-electron chi connectivity index (χ2n) is 4.47. The number of imidazole rings is 1. The van der Waals surface area contributed by atoms with Gasteiger partial charge in [-0.3, -0.25) is 0 Å². The molecule has 3 aromatic rings. The Kier molecular flexibility index (Phi) is 2.96. The summed E-state index contributed by atoms with van der Waals surface area (Å²) in [5.41, 5.74) is 2.65. The lowest BCUT2D eigenvalue weighted by Crippen LogP contribution is -1.98. The van der Waals surface area contributed by atoms with Gasteiger partial charge < -0.3 is 4.57 Å². The summed E-state index contributed by atoms with van der Waals surface area (Å²) in [6.45, 7) is 2.68. The number of nitrogens with zero attached hydrogens (tertiary/aromatic N) is 3. The molecule has 0 N–H and O–H groups in total. The average Bonchev–Trinajstić information content (AvgIpc) is 2.84. The zero-order valence-electron chi connectivity index (χ0n) is 11.0. The molecule has 0 unspecified atom stereocenters. The summed E-state index contributed by atoms with van der Waals surface area (Å²) in [5.74, 6) is 0.300. The molecule has 0 fully saturated rings. The van der Waals surface area contributed by atoms with Gasteiger partial charge >= 0.3 is 0 Å². The van der Waals surface area contributed by atoms with Gasteiger partial charge in [0.2, 0.25) is 0 Å². The lowest BCUT2D eigenvalue weighted by molar-refractivity contribution is 0.628. The van der Waals surface area contributed by atoms with Gasteiger partial charge in [-0.1, -0.05) is 12.1 Å². The maximum atomic E-state index is 14.0. The number of fused-ring (bicyclic) bond motifs is 1. The molecular formula is C16H12FN3. The van der Waals surface area contributed by atoms with Crippen molar-refractivity contribution in [1.29, 1.82) is 5.26 Å². The van der Waals surface area contributed by atoms with Crippen molar-refractivity contribution in [2.45, 2.75) is 13.5 Å². The van der Waals surface area contributed by atoms with E-state index in [9.17, 15) is 4.39 Å². The van der Waals surface area contributed by atoms with E-state index in [1.807, 2.05) is 17.6 Å². The van der Waals surface area contributed by atoms with Crippen molar-refractivity contribution in [2.75, 3.05) is 0 Å². The molecule has 1 aromatic heterocycles. The van der Waals surface area contributed by atoms with Crippen LogP contribution in [0.15, 0.2) is 42.5 Å². The van der Waals surface area contributed by atoms with Crippen molar-refractivity contribution in [2.24, 2.45) is 0 Å². The maximum Gasteiger partial charge on any atom is 0.144 e. The largest absolute Gasteiger partial charge is 0.324 e. The minimum Gasteiger partial charge on any atom is -0.324 e. The van der Waals surface area contributed by atoms with E-state index in [4.69, 9.17) is 5.26 Å². The summed E-state index contributed by atoms with van der Waals surface area (Å²) >= 11 is 0. The van der Waals surface area contributed by atoms with Gasteiger partial charge in [0.15, 0.2) is 0 Å². The van der Waals surface area contributed by atoms with Gasteiger partial charge in [0, 0.05) is 6.54 Å². The summed E-state index contributed by atoms with van der Waals surface area (Å²) in [7, 11) is 0. The molecule has 0 amide bonds. The fraction of sp³-hybridized carbons (Fsp3) is 0.125. The van der Waals surface area contributed by atoms with Gasteiger partial charge in [-0.05, 0) is 37.3 Å². The lowest BCUT2D eigenvalue weighted by atomic mass is 10.2. The molecule has 3 nitrogen and oxygen atoms in total. The van der Waals surface area contributed by atoms with Gasteiger partial charge in [0.25, 0.3) is 0 Å². The summed E-state index contributed by atoms with van der Waals surface area (Å²) < 4.78 is 15.9. The van der Waals surface area contributed by atoms with Gasteiger partial charge in [0.05, 0.1) is 28.2 Å². The highest BCUT2D eigenvalue weighted by molar-refractivity contribution is 5.82. The highest BCUT2D eigenvalue weighted by Crippen LogP contribution is 2.27. The number of halogens is 1. The predicted molar refractivity (Wildman–Crippen MR) is 75.5 cm³/mol. The first kappa shape index (κ1) is 12.4. The second-order valence-corrected chi connectivity index (χ2v) is 4.47. The SMILES string of the molecule is CCn1c(-c2ccccc2F)nc2cc(C#N)ccc21. The van der Waals surface area contributed by atoms with E-state index in [1.165, 1.54) is 6.07 Å². The van der Waals surface area contributed by atoms with Crippen LogP contribution in [0.5, 0.6) is 0 Å². The molecular weight excluding hydrogens is 253 g/mol.